The van der Waals surface area contributed by atoms with Gasteiger partial charge in [0.25, 0.3) is 0 Å². The molecule has 0 saturated heterocycles. The molecule has 0 N–H and O–H groups in total. The van der Waals surface area contributed by atoms with Gasteiger partial charge < -0.3 is 14.2 Å². The molecule has 1 aromatic rings. The van der Waals surface area contributed by atoms with Crippen molar-refractivity contribution in [2.24, 2.45) is 0 Å². The van der Waals surface area contributed by atoms with Crippen LogP contribution in [-0.4, -0.2) is 25.7 Å². The fourth-order valence-corrected chi connectivity index (χ4v) is 2.49. The van der Waals surface area contributed by atoms with E-state index in [4.69, 9.17) is 14.2 Å². The van der Waals surface area contributed by atoms with Crippen molar-refractivity contribution in [3.63, 3.8) is 0 Å². The molecule has 3 nitrogen and oxygen atoms in total. The molecule has 0 atom stereocenters. The summed E-state index contributed by atoms with van der Waals surface area (Å²) in [5.41, 5.74) is 1.02. The van der Waals surface area contributed by atoms with Gasteiger partial charge in [-0.2, -0.15) is 0 Å². The molecule has 18 heavy (non-hydrogen) atoms. The Kier molecular flexibility index (Phi) is 4.80. The summed E-state index contributed by atoms with van der Waals surface area (Å²) in [4.78, 5) is 0. The minimum absolute atomic E-state index is 0.568. The number of halogens is 1. The van der Waals surface area contributed by atoms with Crippen molar-refractivity contribution < 1.29 is 14.2 Å². The van der Waals surface area contributed by atoms with E-state index in [-0.39, 0.29) is 0 Å². The number of rotatable bonds is 4. The summed E-state index contributed by atoms with van der Waals surface area (Å²) in [6.07, 6.45) is 4.74. The standard InChI is InChI=1S/C14H17BrO3/c1-16-13-6-4-12(5-7-13)14(8-9-15)17-10-2-3-11-18-14/h2-7H,8-11H2,1H3. The highest BCUT2D eigenvalue weighted by Gasteiger charge is 2.34. The molecule has 4 heteroatoms. The van der Waals surface area contributed by atoms with Crippen LogP contribution >= 0.6 is 15.9 Å². The summed E-state index contributed by atoms with van der Waals surface area (Å²) in [5.74, 6) is 0.165. The molecule has 0 aliphatic carbocycles. The first-order chi connectivity index (χ1) is 8.80. The van der Waals surface area contributed by atoms with Crippen molar-refractivity contribution in [3.8, 4) is 5.75 Å². The molecule has 0 fully saturated rings. The fraction of sp³-hybridized carbons (Fsp3) is 0.429. The van der Waals surface area contributed by atoms with E-state index in [0.29, 0.717) is 13.2 Å². The van der Waals surface area contributed by atoms with Gasteiger partial charge in [-0.15, -0.1) is 0 Å². The third-order valence-electron chi connectivity index (χ3n) is 2.95. The lowest BCUT2D eigenvalue weighted by Gasteiger charge is -2.32. The zero-order valence-corrected chi connectivity index (χ0v) is 12.0. The molecule has 0 saturated carbocycles. The molecular formula is C14H17BrO3. The third-order valence-corrected chi connectivity index (χ3v) is 3.34. The van der Waals surface area contributed by atoms with Crippen LogP contribution in [0.4, 0.5) is 0 Å². The van der Waals surface area contributed by atoms with Crippen LogP contribution in [0, 0.1) is 0 Å². The average molecular weight is 313 g/mol. The monoisotopic (exact) mass is 312 g/mol. The highest BCUT2D eigenvalue weighted by Crippen LogP contribution is 2.34. The lowest BCUT2D eigenvalue weighted by Crippen LogP contribution is -2.33. The second kappa shape index (κ2) is 6.36. The van der Waals surface area contributed by atoms with E-state index in [9.17, 15) is 0 Å². The first kappa shape index (κ1) is 13.6. The van der Waals surface area contributed by atoms with Gasteiger partial charge in [-0.3, -0.25) is 0 Å². The molecule has 0 aromatic heterocycles. The first-order valence-electron chi connectivity index (χ1n) is 5.94. The number of hydrogen-bond donors (Lipinski definition) is 0. The van der Waals surface area contributed by atoms with Crippen LogP contribution in [0.3, 0.4) is 0 Å². The summed E-state index contributed by atoms with van der Waals surface area (Å²) in [5, 5.41) is 0.818. The second-order valence-corrected chi connectivity index (χ2v) is 4.81. The summed E-state index contributed by atoms with van der Waals surface area (Å²) in [6.45, 7) is 1.14. The Bertz CT molecular complexity index is 390. The number of hydrogen-bond acceptors (Lipinski definition) is 3. The van der Waals surface area contributed by atoms with Gasteiger partial charge in [-0.1, -0.05) is 28.1 Å². The van der Waals surface area contributed by atoms with Gasteiger partial charge in [-0.25, -0.2) is 0 Å². The smallest absolute Gasteiger partial charge is 0.196 e. The van der Waals surface area contributed by atoms with E-state index < -0.39 is 5.79 Å². The van der Waals surface area contributed by atoms with Crippen molar-refractivity contribution in [2.45, 2.75) is 12.2 Å². The van der Waals surface area contributed by atoms with Crippen molar-refractivity contribution in [2.75, 3.05) is 25.7 Å². The van der Waals surface area contributed by atoms with Gasteiger partial charge in [-0.05, 0) is 24.3 Å². The van der Waals surface area contributed by atoms with Gasteiger partial charge in [0, 0.05) is 17.3 Å². The number of benzene rings is 1. The SMILES string of the molecule is COc1ccc(C2(CCBr)OCC=CCO2)cc1. The molecule has 1 heterocycles. The molecular weight excluding hydrogens is 296 g/mol. The quantitative estimate of drug-likeness (QED) is 0.631. The zero-order valence-electron chi connectivity index (χ0n) is 10.4. The molecule has 1 aliphatic rings. The normalized spacial score (nSPS) is 18.3. The number of ether oxygens (including phenoxy) is 3. The van der Waals surface area contributed by atoms with Crippen LogP contribution in [0.1, 0.15) is 12.0 Å². The Hall–Kier alpha value is -0.840. The van der Waals surface area contributed by atoms with E-state index in [1.807, 2.05) is 36.4 Å². The lowest BCUT2D eigenvalue weighted by atomic mass is 10.0. The van der Waals surface area contributed by atoms with Gasteiger partial charge >= 0.3 is 0 Å². The Morgan fingerprint density at radius 1 is 1.17 bits per heavy atom. The van der Waals surface area contributed by atoms with Crippen molar-refractivity contribution in [1.82, 2.24) is 0 Å². The van der Waals surface area contributed by atoms with E-state index in [2.05, 4.69) is 15.9 Å². The molecule has 0 amide bonds. The van der Waals surface area contributed by atoms with Gasteiger partial charge in [0.1, 0.15) is 5.75 Å². The molecule has 1 aliphatic heterocycles. The van der Waals surface area contributed by atoms with Crippen LogP contribution < -0.4 is 4.74 Å². The van der Waals surface area contributed by atoms with Crippen LogP contribution in [0.15, 0.2) is 36.4 Å². The average Bonchev–Trinajstić information content (AvgIpc) is 2.66. The van der Waals surface area contributed by atoms with E-state index in [1.54, 1.807) is 7.11 Å². The molecule has 0 bridgehead atoms. The Labute approximate surface area is 116 Å². The summed E-state index contributed by atoms with van der Waals surface area (Å²) >= 11 is 3.47. The largest absolute Gasteiger partial charge is 0.497 e. The molecule has 2 rings (SSSR count). The van der Waals surface area contributed by atoms with Gasteiger partial charge in [0.05, 0.1) is 20.3 Å². The van der Waals surface area contributed by atoms with Crippen LogP contribution in [0.5, 0.6) is 5.75 Å². The van der Waals surface area contributed by atoms with Crippen LogP contribution in [0.2, 0.25) is 0 Å². The third kappa shape index (κ3) is 2.94. The number of methoxy groups -OCH3 is 1. The highest BCUT2D eigenvalue weighted by molar-refractivity contribution is 9.09. The lowest BCUT2D eigenvalue weighted by molar-refractivity contribution is -0.232. The Balaban J connectivity index is 2.27. The predicted octanol–water partition coefficient (Wildman–Crippen LogP) is 3.24. The van der Waals surface area contributed by atoms with E-state index >= 15 is 0 Å². The Morgan fingerprint density at radius 2 is 1.78 bits per heavy atom. The molecule has 0 spiro atoms. The predicted molar refractivity (Wildman–Crippen MR) is 74.1 cm³/mol. The highest BCUT2D eigenvalue weighted by atomic mass is 79.9. The van der Waals surface area contributed by atoms with Crippen molar-refractivity contribution in [1.29, 1.82) is 0 Å². The Morgan fingerprint density at radius 3 is 2.28 bits per heavy atom. The summed E-state index contributed by atoms with van der Waals surface area (Å²) in [6, 6.07) is 7.84. The van der Waals surface area contributed by atoms with Crippen molar-refractivity contribution >= 4 is 15.9 Å². The van der Waals surface area contributed by atoms with Crippen LogP contribution in [-0.2, 0) is 15.3 Å². The second-order valence-electron chi connectivity index (χ2n) is 4.01. The molecule has 0 radical (unpaired) electrons. The molecule has 0 unspecified atom stereocenters. The topological polar surface area (TPSA) is 27.7 Å². The molecule has 98 valence electrons. The zero-order chi connectivity index (χ0) is 12.8. The van der Waals surface area contributed by atoms with Crippen LogP contribution in [0.25, 0.3) is 0 Å². The van der Waals surface area contributed by atoms with Gasteiger partial charge in [0.2, 0.25) is 0 Å². The van der Waals surface area contributed by atoms with E-state index in [1.165, 1.54) is 0 Å². The first-order valence-corrected chi connectivity index (χ1v) is 7.06. The fourth-order valence-electron chi connectivity index (χ4n) is 1.97. The maximum atomic E-state index is 5.91. The number of alkyl halides is 1. The van der Waals surface area contributed by atoms with E-state index in [0.717, 1.165) is 23.1 Å². The van der Waals surface area contributed by atoms with Gasteiger partial charge in [0.15, 0.2) is 5.79 Å². The molecule has 1 aromatic carbocycles. The maximum Gasteiger partial charge on any atom is 0.196 e. The maximum absolute atomic E-state index is 5.91. The minimum atomic E-state index is -0.667. The summed E-state index contributed by atoms with van der Waals surface area (Å²) in [7, 11) is 1.66. The van der Waals surface area contributed by atoms with Crippen molar-refractivity contribution in [3.05, 3.63) is 42.0 Å². The summed E-state index contributed by atoms with van der Waals surface area (Å²) < 4.78 is 17.0. The minimum Gasteiger partial charge on any atom is -0.497 e.